The number of nitriles is 1. The average molecular weight is 454 g/mol. The molecule has 1 N–H and O–H groups in total. The molecule has 1 atom stereocenters. The fourth-order valence-electron chi connectivity index (χ4n) is 3.67. The van der Waals surface area contributed by atoms with E-state index in [1.54, 1.807) is 24.3 Å². The lowest BCUT2D eigenvalue weighted by Gasteiger charge is -2.19. The molecule has 3 aromatic rings. The van der Waals surface area contributed by atoms with E-state index in [4.69, 9.17) is 0 Å². The van der Waals surface area contributed by atoms with Crippen LogP contribution in [-0.4, -0.2) is 17.1 Å². The zero-order chi connectivity index (χ0) is 23.4. The monoisotopic (exact) mass is 453 g/mol. The lowest BCUT2D eigenvalue weighted by molar-refractivity contribution is -0.117. The Morgan fingerprint density at radius 2 is 1.67 bits per heavy atom. The molecule has 1 aliphatic rings. The number of nitrogens with one attached hydrogen (secondary N) is 1. The van der Waals surface area contributed by atoms with Crippen LogP contribution in [0.1, 0.15) is 16.7 Å². The summed E-state index contributed by atoms with van der Waals surface area (Å²) in [5.41, 5.74) is 4.38. The van der Waals surface area contributed by atoms with Crippen LogP contribution in [0.3, 0.4) is 0 Å². The molecule has 1 aliphatic heterocycles. The van der Waals surface area contributed by atoms with Crippen molar-refractivity contribution in [1.82, 2.24) is 0 Å². The van der Waals surface area contributed by atoms with Gasteiger partial charge in [0, 0.05) is 11.4 Å². The van der Waals surface area contributed by atoms with E-state index < -0.39 is 11.2 Å². The van der Waals surface area contributed by atoms with Crippen LogP contribution in [0.25, 0.3) is 0 Å². The summed E-state index contributed by atoms with van der Waals surface area (Å²) in [6.07, 6.45) is 0.515. The van der Waals surface area contributed by atoms with E-state index in [1.807, 2.05) is 74.5 Å². The van der Waals surface area contributed by atoms with Crippen LogP contribution < -0.4 is 10.2 Å². The highest BCUT2D eigenvalue weighted by atomic mass is 32.2. The normalized spacial score (nSPS) is 16.9. The number of carbonyl (C=O) groups excluding carboxylic acids is 2. The third-order valence-corrected chi connectivity index (χ3v) is 6.76. The number of rotatable bonds is 5. The van der Waals surface area contributed by atoms with Crippen LogP contribution in [0.2, 0.25) is 0 Å². The van der Waals surface area contributed by atoms with Gasteiger partial charge in [0.05, 0.1) is 5.25 Å². The van der Waals surface area contributed by atoms with Crippen molar-refractivity contribution >= 4 is 35.0 Å². The first kappa shape index (κ1) is 22.4. The smallest absolute Gasteiger partial charge is 0.269 e. The fraction of sp³-hybridized carbons (Fsp3) is 0.148. The molecule has 33 heavy (non-hydrogen) atoms. The van der Waals surface area contributed by atoms with E-state index in [0.717, 1.165) is 16.7 Å². The summed E-state index contributed by atoms with van der Waals surface area (Å²) < 4.78 is 0. The Bertz CT molecular complexity index is 1260. The minimum atomic E-state index is -0.535. The molecule has 4 rings (SSSR count). The van der Waals surface area contributed by atoms with Crippen molar-refractivity contribution in [3.8, 4) is 6.07 Å². The second-order valence-electron chi connectivity index (χ2n) is 7.86. The van der Waals surface area contributed by atoms with Crippen molar-refractivity contribution in [2.75, 3.05) is 10.2 Å². The molecule has 0 aliphatic carbocycles. The molecule has 0 radical (unpaired) electrons. The van der Waals surface area contributed by atoms with Crippen molar-refractivity contribution in [1.29, 1.82) is 5.26 Å². The van der Waals surface area contributed by atoms with Gasteiger partial charge >= 0.3 is 0 Å². The van der Waals surface area contributed by atoms with Gasteiger partial charge in [-0.3, -0.25) is 14.5 Å². The van der Waals surface area contributed by atoms with E-state index in [9.17, 15) is 14.9 Å². The zero-order valence-corrected chi connectivity index (χ0v) is 19.2. The Morgan fingerprint density at radius 3 is 2.33 bits per heavy atom. The summed E-state index contributed by atoms with van der Waals surface area (Å²) in [6, 6.07) is 26.5. The third-order valence-electron chi connectivity index (χ3n) is 5.50. The first-order chi connectivity index (χ1) is 16.0. The van der Waals surface area contributed by atoms with Gasteiger partial charge in [-0.15, -0.1) is 0 Å². The Kier molecular flexibility index (Phi) is 6.62. The minimum Gasteiger partial charge on any atom is -0.321 e. The van der Waals surface area contributed by atoms with Gasteiger partial charge in [-0.2, -0.15) is 5.26 Å². The van der Waals surface area contributed by atoms with E-state index in [0.29, 0.717) is 22.8 Å². The highest BCUT2D eigenvalue weighted by Gasteiger charge is 2.41. The first-order valence-electron chi connectivity index (χ1n) is 10.6. The minimum absolute atomic E-state index is 0.0786. The number of hydrogen-bond donors (Lipinski definition) is 1. The predicted octanol–water partition coefficient (Wildman–Crippen LogP) is 5.37. The lowest BCUT2D eigenvalue weighted by atomic mass is 10.0. The Hall–Kier alpha value is -3.82. The Labute approximate surface area is 197 Å². The summed E-state index contributed by atoms with van der Waals surface area (Å²) in [6.45, 7) is 3.98. The van der Waals surface area contributed by atoms with Crippen molar-refractivity contribution in [2.24, 2.45) is 0 Å². The number of nitrogens with zero attached hydrogens (tertiary/aromatic N) is 2. The fourth-order valence-corrected chi connectivity index (χ4v) is 4.97. The maximum atomic E-state index is 13.5. The molecule has 164 valence electrons. The van der Waals surface area contributed by atoms with Crippen LogP contribution in [0, 0.1) is 25.2 Å². The Morgan fingerprint density at radius 1 is 1.00 bits per heavy atom. The van der Waals surface area contributed by atoms with Crippen molar-refractivity contribution in [3.05, 3.63) is 106 Å². The molecular formula is C27H23N3O2S. The maximum absolute atomic E-state index is 13.5. The molecule has 0 unspecified atom stereocenters. The second kappa shape index (κ2) is 9.76. The third kappa shape index (κ3) is 4.84. The highest BCUT2D eigenvalue weighted by molar-refractivity contribution is 8.05. The molecule has 0 aromatic heterocycles. The summed E-state index contributed by atoms with van der Waals surface area (Å²) in [4.78, 5) is 28.1. The highest BCUT2D eigenvalue weighted by Crippen LogP contribution is 2.42. The topological polar surface area (TPSA) is 73.2 Å². The van der Waals surface area contributed by atoms with E-state index >= 15 is 0 Å². The zero-order valence-electron chi connectivity index (χ0n) is 18.4. The van der Waals surface area contributed by atoms with Gasteiger partial charge in [0.15, 0.2) is 0 Å². The van der Waals surface area contributed by atoms with Gasteiger partial charge < -0.3 is 5.32 Å². The SMILES string of the molecule is Cc1ccc(N2C(=O)[C@H](Cc3ccccc3C)S/C2=C(/C#N)C(=O)Nc2ccccc2)cc1. The molecule has 0 bridgehead atoms. The Balaban J connectivity index is 1.74. The van der Waals surface area contributed by atoms with Crippen molar-refractivity contribution in [2.45, 2.75) is 25.5 Å². The molecule has 2 amide bonds. The van der Waals surface area contributed by atoms with Gasteiger partial charge in [-0.1, -0.05) is 71.9 Å². The van der Waals surface area contributed by atoms with Gasteiger partial charge in [0.25, 0.3) is 5.91 Å². The number of benzene rings is 3. The van der Waals surface area contributed by atoms with Gasteiger partial charge in [0.1, 0.15) is 16.7 Å². The van der Waals surface area contributed by atoms with Crippen LogP contribution in [0.15, 0.2) is 89.5 Å². The van der Waals surface area contributed by atoms with Gasteiger partial charge in [-0.25, -0.2) is 0 Å². The van der Waals surface area contributed by atoms with Crippen LogP contribution in [0.4, 0.5) is 11.4 Å². The van der Waals surface area contributed by atoms with E-state index in [-0.39, 0.29) is 11.5 Å². The summed E-state index contributed by atoms with van der Waals surface area (Å²) in [5, 5.41) is 12.6. The lowest BCUT2D eigenvalue weighted by Crippen LogP contribution is -2.31. The summed E-state index contributed by atoms with van der Waals surface area (Å²) in [5.74, 6) is -0.671. The largest absolute Gasteiger partial charge is 0.321 e. The maximum Gasteiger partial charge on any atom is 0.269 e. The molecule has 1 heterocycles. The van der Waals surface area contributed by atoms with E-state index in [2.05, 4.69) is 5.32 Å². The van der Waals surface area contributed by atoms with Crippen LogP contribution >= 0.6 is 11.8 Å². The molecule has 0 spiro atoms. The van der Waals surface area contributed by atoms with Crippen LogP contribution in [0.5, 0.6) is 0 Å². The second-order valence-corrected chi connectivity index (χ2v) is 9.05. The number of carbonyl (C=O) groups is 2. The molecule has 1 fully saturated rings. The molecule has 6 heteroatoms. The quantitative estimate of drug-likeness (QED) is 0.416. The molecular weight excluding hydrogens is 430 g/mol. The number of anilines is 2. The number of aryl methyl sites for hydroxylation is 2. The molecule has 3 aromatic carbocycles. The molecule has 5 nitrogen and oxygen atoms in total. The number of hydrogen-bond acceptors (Lipinski definition) is 4. The summed E-state index contributed by atoms with van der Waals surface area (Å²) >= 11 is 1.27. The van der Waals surface area contributed by atoms with E-state index in [1.165, 1.54) is 16.7 Å². The average Bonchev–Trinajstić information content (AvgIpc) is 3.12. The number of thioether (sulfide) groups is 1. The van der Waals surface area contributed by atoms with Gasteiger partial charge in [-0.05, 0) is 55.7 Å². The van der Waals surface area contributed by atoms with Crippen molar-refractivity contribution < 1.29 is 9.59 Å². The summed E-state index contributed by atoms with van der Waals surface area (Å²) in [7, 11) is 0. The van der Waals surface area contributed by atoms with Crippen molar-refractivity contribution in [3.63, 3.8) is 0 Å². The van der Waals surface area contributed by atoms with Gasteiger partial charge in [0.2, 0.25) is 5.91 Å². The number of para-hydroxylation sites is 1. The predicted molar refractivity (Wildman–Crippen MR) is 133 cm³/mol. The molecule has 1 saturated heterocycles. The van der Waals surface area contributed by atoms with Crippen LogP contribution in [-0.2, 0) is 16.0 Å². The number of amides is 2. The first-order valence-corrected chi connectivity index (χ1v) is 11.5. The molecule has 0 saturated carbocycles. The standard InChI is InChI=1S/C27H23N3O2S/c1-18-12-14-22(15-13-18)30-26(32)24(16-20-9-7-6-8-19(20)2)33-27(30)23(17-28)25(31)29-21-10-4-3-5-11-21/h3-15,24H,16H2,1-2H3,(H,29,31)/b27-23-/t24-/m0/s1.